The first-order valence-electron chi connectivity index (χ1n) is 9.12. The summed E-state index contributed by atoms with van der Waals surface area (Å²) in [4.78, 5) is 27.4. The van der Waals surface area contributed by atoms with E-state index in [0.29, 0.717) is 18.6 Å². The van der Waals surface area contributed by atoms with Crippen molar-refractivity contribution in [1.82, 2.24) is 9.55 Å². The number of piperidine rings is 1. The molecule has 3 heterocycles. The van der Waals surface area contributed by atoms with Crippen molar-refractivity contribution >= 4 is 0 Å². The standard InChI is InChI=1S/C17H27N3O5/c1-12-10-20(17(23)18-16(12)22)15-9-13(14(11-21)25-15)24-8-7-19-5-3-2-4-6-19/h10,13-15,21H,2-9,11H2,1H3,(H,18,22,23)/p+1/t13-,14+,15+/m0/s1. The van der Waals surface area contributed by atoms with E-state index in [1.54, 1.807) is 11.8 Å². The van der Waals surface area contributed by atoms with E-state index in [1.165, 1.54) is 43.1 Å². The fraction of sp³-hybridized carbons (Fsp3) is 0.765. The maximum atomic E-state index is 12.0. The number of quaternary nitrogens is 1. The van der Waals surface area contributed by atoms with Crippen molar-refractivity contribution in [2.45, 2.75) is 51.0 Å². The molecule has 8 heteroatoms. The first kappa shape index (κ1) is 18.3. The van der Waals surface area contributed by atoms with Gasteiger partial charge in [0.1, 0.15) is 18.9 Å². The molecule has 3 rings (SSSR count). The minimum absolute atomic E-state index is 0.158. The van der Waals surface area contributed by atoms with Crippen LogP contribution in [0.3, 0.4) is 0 Å². The lowest BCUT2D eigenvalue weighted by Crippen LogP contribution is -3.13. The van der Waals surface area contributed by atoms with Crippen LogP contribution in [0, 0.1) is 6.92 Å². The maximum absolute atomic E-state index is 12.0. The van der Waals surface area contributed by atoms with Crippen LogP contribution in [0.25, 0.3) is 0 Å². The van der Waals surface area contributed by atoms with E-state index in [4.69, 9.17) is 9.47 Å². The molecule has 0 bridgehead atoms. The van der Waals surface area contributed by atoms with Crippen molar-refractivity contribution in [3.05, 3.63) is 32.6 Å². The summed E-state index contributed by atoms with van der Waals surface area (Å²) in [5.41, 5.74) is -0.451. The lowest BCUT2D eigenvalue weighted by Gasteiger charge is -2.24. The predicted molar refractivity (Wildman–Crippen MR) is 90.8 cm³/mol. The summed E-state index contributed by atoms with van der Waals surface area (Å²) in [5, 5.41) is 9.56. The second-order valence-electron chi connectivity index (χ2n) is 7.00. The third-order valence-corrected chi connectivity index (χ3v) is 5.16. The Kier molecular flexibility index (Phi) is 6.06. The average Bonchev–Trinajstić information content (AvgIpc) is 3.02. The second kappa shape index (κ2) is 8.27. The average molecular weight is 354 g/mol. The fourth-order valence-corrected chi connectivity index (χ4v) is 3.67. The van der Waals surface area contributed by atoms with Gasteiger partial charge in [-0.1, -0.05) is 0 Å². The highest BCUT2D eigenvalue weighted by Crippen LogP contribution is 2.29. The number of nitrogens with one attached hydrogen (secondary N) is 2. The number of aliphatic hydroxyl groups is 1. The van der Waals surface area contributed by atoms with Gasteiger partial charge in [0.15, 0.2) is 0 Å². The van der Waals surface area contributed by atoms with Crippen LogP contribution in [-0.4, -0.2) is 59.7 Å². The quantitative estimate of drug-likeness (QED) is 0.582. The topological polar surface area (TPSA) is 98.0 Å². The van der Waals surface area contributed by atoms with Gasteiger partial charge in [-0.3, -0.25) is 14.3 Å². The van der Waals surface area contributed by atoms with Crippen LogP contribution < -0.4 is 16.1 Å². The van der Waals surface area contributed by atoms with Crippen LogP contribution in [0.1, 0.15) is 37.5 Å². The minimum Gasteiger partial charge on any atom is -0.394 e. The van der Waals surface area contributed by atoms with Gasteiger partial charge in [-0.15, -0.1) is 0 Å². The fourth-order valence-electron chi connectivity index (χ4n) is 3.67. The molecule has 0 aromatic carbocycles. The Bertz CT molecular complexity index is 680. The molecule has 0 aliphatic carbocycles. The molecule has 2 fully saturated rings. The molecular weight excluding hydrogens is 326 g/mol. The number of hydrogen-bond acceptors (Lipinski definition) is 5. The number of aromatic amines is 1. The first-order valence-corrected chi connectivity index (χ1v) is 9.12. The van der Waals surface area contributed by atoms with E-state index in [2.05, 4.69) is 4.98 Å². The molecule has 0 amide bonds. The Balaban J connectivity index is 1.59. The third kappa shape index (κ3) is 4.38. The van der Waals surface area contributed by atoms with Crippen LogP contribution in [-0.2, 0) is 9.47 Å². The zero-order chi connectivity index (χ0) is 17.8. The van der Waals surface area contributed by atoms with Crippen LogP contribution >= 0.6 is 0 Å². The molecule has 2 aliphatic rings. The third-order valence-electron chi connectivity index (χ3n) is 5.16. The van der Waals surface area contributed by atoms with Crippen molar-refractivity contribution in [3.8, 4) is 0 Å². The normalized spacial score (nSPS) is 27.7. The molecule has 3 N–H and O–H groups in total. The number of H-pyrrole nitrogens is 1. The number of aryl methyl sites for hydroxylation is 1. The van der Waals surface area contributed by atoms with Gasteiger partial charge in [-0.25, -0.2) is 4.79 Å². The first-order chi connectivity index (χ1) is 12.1. The van der Waals surface area contributed by atoms with E-state index in [-0.39, 0.29) is 12.7 Å². The zero-order valence-electron chi connectivity index (χ0n) is 14.7. The van der Waals surface area contributed by atoms with Crippen molar-refractivity contribution in [2.75, 3.05) is 32.8 Å². The van der Waals surface area contributed by atoms with E-state index in [1.807, 2.05) is 0 Å². The molecule has 1 aromatic rings. The van der Waals surface area contributed by atoms with E-state index in [0.717, 1.165) is 6.54 Å². The molecular formula is C17H28N3O5+. The Morgan fingerprint density at radius 2 is 2.12 bits per heavy atom. The van der Waals surface area contributed by atoms with E-state index >= 15 is 0 Å². The number of rotatable bonds is 6. The lowest BCUT2D eigenvalue weighted by molar-refractivity contribution is -0.905. The van der Waals surface area contributed by atoms with Gasteiger partial charge in [0.25, 0.3) is 5.56 Å². The van der Waals surface area contributed by atoms with Crippen LogP contribution in [0.5, 0.6) is 0 Å². The van der Waals surface area contributed by atoms with Crippen molar-refractivity contribution in [1.29, 1.82) is 0 Å². The van der Waals surface area contributed by atoms with Gasteiger partial charge in [0, 0.05) is 18.2 Å². The summed E-state index contributed by atoms with van der Waals surface area (Å²) in [6.07, 6.45) is 4.61. The van der Waals surface area contributed by atoms with Gasteiger partial charge in [-0.2, -0.15) is 0 Å². The number of ether oxygens (including phenoxy) is 2. The smallest absolute Gasteiger partial charge is 0.330 e. The zero-order valence-corrected chi connectivity index (χ0v) is 14.7. The molecule has 0 saturated carbocycles. The van der Waals surface area contributed by atoms with Gasteiger partial charge in [0.2, 0.25) is 0 Å². The summed E-state index contributed by atoms with van der Waals surface area (Å²) < 4.78 is 13.1. The highest BCUT2D eigenvalue weighted by molar-refractivity contribution is 5.02. The predicted octanol–water partition coefficient (Wildman–Crippen LogP) is -1.42. The molecule has 2 aliphatic heterocycles. The molecule has 0 radical (unpaired) electrons. The molecule has 25 heavy (non-hydrogen) atoms. The summed E-state index contributed by atoms with van der Waals surface area (Å²) in [5.74, 6) is 0. The number of likely N-dealkylation sites (tertiary alicyclic amines) is 1. The van der Waals surface area contributed by atoms with E-state index in [9.17, 15) is 14.7 Å². The monoisotopic (exact) mass is 354 g/mol. The molecule has 1 aromatic heterocycles. The molecule has 2 saturated heterocycles. The minimum atomic E-state index is -0.535. The summed E-state index contributed by atoms with van der Waals surface area (Å²) in [6, 6.07) is 0. The highest BCUT2D eigenvalue weighted by Gasteiger charge is 2.37. The SMILES string of the molecule is Cc1cn([C@H]2C[C@H](OCC[NH+]3CCCCC3)[C@@H](CO)O2)c(=O)[nH]c1=O. The molecule has 0 unspecified atom stereocenters. The molecule has 3 atom stereocenters. The molecule has 0 spiro atoms. The maximum Gasteiger partial charge on any atom is 0.330 e. The van der Waals surface area contributed by atoms with Crippen LogP contribution in [0.15, 0.2) is 15.8 Å². The van der Waals surface area contributed by atoms with Crippen LogP contribution in [0.4, 0.5) is 0 Å². The largest absolute Gasteiger partial charge is 0.394 e. The van der Waals surface area contributed by atoms with Crippen LogP contribution in [0.2, 0.25) is 0 Å². The Labute approximate surface area is 146 Å². The Morgan fingerprint density at radius 3 is 2.84 bits per heavy atom. The Morgan fingerprint density at radius 1 is 1.36 bits per heavy atom. The number of hydrogen-bond donors (Lipinski definition) is 3. The highest BCUT2D eigenvalue weighted by atomic mass is 16.6. The molecule has 140 valence electrons. The van der Waals surface area contributed by atoms with Gasteiger partial charge < -0.3 is 19.5 Å². The van der Waals surface area contributed by atoms with Gasteiger partial charge in [-0.05, 0) is 26.2 Å². The summed E-state index contributed by atoms with van der Waals surface area (Å²) in [7, 11) is 0. The lowest BCUT2D eigenvalue weighted by atomic mass is 10.1. The van der Waals surface area contributed by atoms with Crippen molar-refractivity contribution in [2.24, 2.45) is 0 Å². The number of aliphatic hydroxyl groups excluding tert-OH is 1. The summed E-state index contributed by atoms with van der Waals surface area (Å²) >= 11 is 0. The van der Waals surface area contributed by atoms with E-state index < -0.39 is 23.6 Å². The van der Waals surface area contributed by atoms with Gasteiger partial charge >= 0.3 is 5.69 Å². The summed E-state index contributed by atoms with van der Waals surface area (Å²) in [6.45, 7) is 5.45. The van der Waals surface area contributed by atoms with Gasteiger partial charge in [0.05, 0.1) is 32.4 Å². The second-order valence-corrected chi connectivity index (χ2v) is 7.00. The number of aromatic nitrogens is 2. The number of nitrogens with zero attached hydrogens (tertiary/aromatic N) is 1. The Hall–Kier alpha value is -1.48. The van der Waals surface area contributed by atoms with Crippen molar-refractivity contribution < 1.29 is 19.5 Å². The van der Waals surface area contributed by atoms with Crippen molar-refractivity contribution in [3.63, 3.8) is 0 Å². The molecule has 8 nitrogen and oxygen atoms in total.